The molecule has 2 rings (SSSR count). The summed E-state index contributed by atoms with van der Waals surface area (Å²) in [5, 5.41) is 3.34. The van der Waals surface area contributed by atoms with E-state index >= 15 is 0 Å². The van der Waals surface area contributed by atoms with Gasteiger partial charge < -0.3 is 10.1 Å². The van der Waals surface area contributed by atoms with Crippen LogP contribution in [0.5, 0.6) is 5.75 Å². The topological polar surface area (TPSA) is 21.3 Å². The molecule has 0 spiro atoms. The fraction of sp³-hybridized carbons (Fsp3) is 0.538. The Morgan fingerprint density at radius 3 is 2.50 bits per heavy atom. The molecule has 0 amide bonds. The molecule has 0 radical (unpaired) electrons. The van der Waals surface area contributed by atoms with Crippen molar-refractivity contribution in [1.82, 2.24) is 5.32 Å². The summed E-state index contributed by atoms with van der Waals surface area (Å²) in [6, 6.07) is 6.38. The summed E-state index contributed by atoms with van der Waals surface area (Å²) in [7, 11) is 0. The lowest BCUT2D eigenvalue weighted by Crippen LogP contribution is -2.34. The van der Waals surface area contributed by atoms with Gasteiger partial charge in [-0.2, -0.15) is 0 Å². The second-order valence-corrected chi connectivity index (χ2v) is 4.34. The molecule has 3 heteroatoms. The molecular formula is C13H20ClNO. The van der Waals surface area contributed by atoms with Gasteiger partial charge in [-0.1, -0.05) is 17.7 Å². The van der Waals surface area contributed by atoms with Crippen LogP contribution in [0.25, 0.3) is 0 Å². The summed E-state index contributed by atoms with van der Waals surface area (Å²) in [6.45, 7) is 6.38. The van der Waals surface area contributed by atoms with Crippen LogP contribution in [-0.4, -0.2) is 19.2 Å². The smallest absolute Gasteiger partial charge is 0.122 e. The van der Waals surface area contributed by atoms with Crippen molar-refractivity contribution in [1.29, 1.82) is 0 Å². The van der Waals surface area contributed by atoms with Crippen molar-refractivity contribution >= 4 is 12.4 Å². The Labute approximate surface area is 104 Å². The Kier molecular flexibility index (Phi) is 5.10. The highest BCUT2D eigenvalue weighted by atomic mass is 35.5. The summed E-state index contributed by atoms with van der Waals surface area (Å²) in [6.07, 6.45) is 2.63. The van der Waals surface area contributed by atoms with Crippen LogP contribution >= 0.6 is 12.4 Å². The van der Waals surface area contributed by atoms with Crippen LogP contribution < -0.4 is 10.1 Å². The summed E-state index contributed by atoms with van der Waals surface area (Å²) in [5.41, 5.74) is 2.54. The average molecular weight is 242 g/mol. The van der Waals surface area contributed by atoms with Crippen molar-refractivity contribution in [3.8, 4) is 5.75 Å². The Balaban J connectivity index is 0.00000128. The fourth-order valence-electron chi connectivity index (χ4n) is 2.02. The molecule has 1 saturated heterocycles. The van der Waals surface area contributed by atoms with Crippen LogP contribution in [0.1, 0.15) is 24.0 Å². The minimum atomic E-state index is 0. The molecule has 1 aromatic carbocycles. The molecule has 0 aliphatic carbocycles. The molecular weight excluding hydrogens is 222 g/mol. The molecule has 1 heterocycles. The normalized spacial score (nSPS) is 16.6. The monoisotopic (exact) mass is 241 g/mol. The lowest BCUT2D eigenvalue weighted by Gasteiger charge is -2.24. The number of nitrogens with one attached hydrogen (secondary N) is 1. The van der Waals surface area contributed by atoms with Crippen LogP contribution in [0.3, 0.4) is 0 Å². The summed E-state index contributed by atoms with van der Waals surface area (Å²) in [5.74, 6) is 1.05. The molecule has 90 valence electrons. The number of hydrogen-bond donors (Lipinski definition) is 1. The van der Waals surface area contributed by atoms with Gasteiger partial charge in [0.05, 0.1) is 0 Å². The third kappa shape index (κ3) is 3.39. The first-order chi connectivity index (χ1) is 7.25. The van der Waals surface area contributed by atoms with E-state index in [-0.39, 0.29) is 12.4 Å². The van der Waals surface area contributed by atoms with Crippen LogP contribution in [0.2, 0.25) is 0 Å². The van der Waals surface area contributed by atoms with Gasteiger partial charge in [0.15, 0.2) is 0 Å². The van der Waals surface area contributed by atoms with Crippen LogP contribution in [0.15, 0.2) is 18.2 Å². The summed E-state index contributed by atoms with van der Waals surface area (Å²) >= 11 is 0. The SMILES string of the molecule is Cc1ccc(OC2CCNCC2)c(C)c1.Cl. The largest absolute Gasteiger partial charge is 0.490 e. The van der Waals surface area contributed by atoms with E-state index in [0.717, 1.165) is 31.7 Å². The third-order valence-corrected chi connectivity index (χ3v) is 2.91. The van der Waals surface area contributed by atoms with Gasteiger partial charge in [-0.15, -0.1) is 12.4 Å². The average Bonchev–Trinajstić information content (AvgIpc) is 2.24. The highest BCUT2D eigenvalue weighted by Gasteiger charge is 2.14. The number of ether oxygens (including phenoxy) is 1. The molecule has 2 nitrogen and oxygen atoms in total. The minimum absolute atomic E-state index is 0. The molecule has 1 N–H and O–H groups in total. The van der Waals surface area contributed by atoms with Crippen molar-refractivity contribution in [2.45, 2.75) is 32.8 Å². The molecule has 0 bridgehead atoms. The first-order valence-corrected chi connectivity index (χ1v) is 5.70. The van der Waals surface area contributed by atoms with E-state index in [1.165, 1.54) is 11.1 Å². The second kappa shape index (κ2) is 6.12. The van der Waals surface area contributed by atoms with Crippen molar-refractivity contribution in [2.24, 2.45) is 0 Å². The van der Waals surface area contributed by atoms with E-state index in [0.29, 0.717) is 6.10 Å². The molecule has 0 atom stereocenters. The fourth-order valence-corrected chi connectivity index (χ4v) is 2.02. The molecule has 0 aromatic heterocycles. The Morgan fingerprint density at radius 2 is 1.88 bits per heavy atom. The van der Waals surface area contributed by atoms with E-state index < -0.39 is 0 Å². The standard InChI is InChI=1S/C13H19NO.ClH/c1-10-3-4-13(11(2)9-10)15-12-5-7-14-8-6-12;/h3-4,9,12,14H,5-8H2,1-2H3;1H. The second-order valence-electron chi connectivity index (χ2n) is 4.34. The summed E-state index contributed by atoms with van der Waals surface area (Å²) < 4.78 is 6.00. The first kappa shape index (κ1) is 13.3. The zero-order chi connectivity index (χ0) is 10.7. The zero-order valence-electron chi connectivity index (χ0n) is 9.95. The van der Waals surface area contributed by atoms with Crippen LogP contribution in [-0.2, 0) is 0 Å². The van der Waals surface area contributed by atoms with Crippen LogP contribution in [0, 0.1) is 13.8 Å². The summed E-state index contributed by atoms with van der Waals surface area (Å²) in [4.78, 5) is 0. The van der Waals surface area contributed by atoms with E-state index in [4.69, 9.17) is 4.74 Å². The number of benzene rings is 1. The predicted octanol–water partition coefficient (Wildman–Crippen LogP) is 2.86. The van der Waals surface area contributed by atoms with E-state index in [2.05, 4.69) is 37.4 Å². The molecule has 1 aliphatic rings. The number of piperidine rings is 1. The lowest BCUT2D eigenvalue weighted by molar-refractivity contribution is 0.161. The third-order valence-electron chi connectivity index (χ3n) is 2.91. The molecule has 0 unspecified atom stereocenters. The highest BCUT2D eigenvalue weighted by molar-refractivity contribution is 5.85. The number of rotatable bonds is 2. The molecule has 1 aliphatic heterocycles. The van der Waals surface area contributed by atoms with Gasteiger partial charge in [-0.05, 0) is 51.4 Å². The first-order valence-electron chi connectivity index (χ1n) is 5.70. The zero-order valence-corrected chi connectivity index (χ0v) is 10.8. The molecule has 1 aromatic rings. The maximum atomic E-state index is 6.00. The van der Waals surface area contributed by atoms with Crippen molar-refractivity contribution < 1.29 is 4.74 Å². The highest BCUT2D eigenvalue weighted by Crippen LogP contribution is 2.22. The molecule has 1 fully saturated rings. The van der Waals surface area contributed by atoms with Gasteiger partial charge in [0, 0.05) is 0 Å². The van der Waals surface area contributed by atoms with Crippen molar-refractivity contribution in [3.63, 3.8) is 0 Å². The maximum Gasteiger partial charge on any atom is 0.122 e. The van der Waals surface area contributed by atoms with Gasteiger partial charge in [-0.3, -0.25) is 0 Å². The number of hydrogen-bond acceptors (Lipinski definition) is 2. The van der Waals surface area contributed by atoms with Crippen molar-refractivity contribution in [3.05, 3.63) is 29.3 Å². The van der Waals surface area contributed by atoms with Crippen LogP contribution in [0.4, 0.5) is 0 Å². The van der Waals surface area contributed by atoms with E-state index in [1.54, 1.807) is 0 Å². The quantitative estimate of drug-likeness (QED) is 0.860. The van der Waals surface area contributed by atoms with Gasteiger partial charge in [0.2, 0.25) is 0 Å². The van der Waals surface area contributed by atoms with E-state index in [1.807, 2.05) is 0 Å². The van der Waals surface area contributed by atoms with E-state index in [9.17, 15) is 0 Å². The maximum absolute atomic E-state index is 6.00. The van der Waals surface area contributed by atoms with Gasteiger partial charge in [0.1, 0.15) is 11.9 Å². The molecule has 0 saturated carbocycles. The minimum Gasteiger partial charge on any atom is -0.490 e. The Hall–Kier alpha value is -0.730. The predicted molar refractivity (Wildman–Crippen MR) is 69.7 cm³/mol. The number of halogens is 1. The number of aryl methyl sites for hydroxylation is 2. The van der Waals surface area contributed by atoms with Gasteiger partial charge >= 0.3 is 0 Å². The van der Waals surface area contributed by atoms with Gasteiger partial charge in [-0.25, -0.2) is 0 Å². The Morgan fingerprint density at radius 1 is 1.19 bits per heavy atom. The Bertz CT molecular complexity index is 335. The molecule has 16 heavy (non-hydrogen) atoms. The van der Waals surface area contributed by atoms with Crippen molar-refractivity contribution in [2.75, 3.05) is 13.1 Å². The van der Waals surface area contributed by atoms with Gasteiger partial charge in [0.25, 0.3) is 0 Å². The lowest BCUT2D eigenvalue weighted by atomic mass is 10.1.